The maximum Gasteiger partial charge on any atom is 0.495 e. The number of aryl methyl sites for hydroxylation is 4. The highest BCUT2D eigenvalue weighted by Crippen LogP contribution is 2.37. The second-order valence-corrected chi connectivity index (χ2v) is 14.4. The lowest BCUT2D eigenvalue weighted by Gasteiger charge is -2.32. The number of halogens is 1. The van der Waals surface area contributed by atoms with Gasteiger partial charge in [-0.1, -0.05) is 119 Å². The lowest BCUT2D eigenvalue weighted by atomic mass is 9.73. The van der Waals surface area contributed by atoms with E-state index in [0.717, 1.165) is 61.5 Å². The van der Waals surface area contributed by atoms with Crippen LogP contribution in [0.4, 0.5) is 11.4 Å². The molecule has 0 bridgehead atoms. The number of benzene rings is 4. The molecule has 54 heavy (non-hydrogen) atoms. The Kier molecular flexibility index (Phi) is 12.4. The second kappa shape index (κ2) is 17.0. The first-order valence-electron chi connectivity index (χ1n) is 17.5. The average molecular weight is 733 g/mol. The van der Waals surface area contributed by atoms with E-state index in [4.69, 9.17) is 34.1 Å². The van der Waals surface area contributed by atoms with Gasteiger partial charge in [0.2, 0.25) is 0 Å². The highest BCUT2D eigenvalue weighted by Gasteiger charge is 2.52. The molecule has 3 heterocycles. The Labute approximate surface area is 324 Å². The van der Waals surface area contributed by atoms with Crippen LogP contribution in [0.25, 0.3) is 43.5 Å². The van der Waals surface area contributed by atoms with E-state index in [-0.39, 0.29) is 18.3 Å². The van der Waals surface area contributed by atoms with E-state index in [1.165, 1.54) is 6.33 Å². The zero-order chi connectivity index (χ0) is 39.0. The molecule has 6 aromatic rings. The van der Waals surface area contributed by atoms with Crippen LogP contribution < -0.4 is 5.46 Å². The Balaban J connectivity index is 0.000000161. The monoisotopic (exact) mass is 732 g/mol. The van der Waals surface area contributed by atoms with Gasteiger partial charge in [0.15, 0.2) is 11.4 Å². The van der Waals surface area contributed by atoms with Crippen LogP contribution in [0, 0.1) is 40.8 Å². The zero-order valence-electron chi connectivity index (χ0n) is 31.8. The van der Waals surface area contributed by atoms with Gasteiger partial charge in [-0.05, 0) is 66.9 Å². The Morgan fingerprint density at radius 2 is 0.963 bits per heavy atom. The molecule has 1 saturated heterocycles. The van der Waals surface area contributed by atoms with Crippen molar-refractivity contribution in [2.24, 2.45) is 0 Å². The number of aromatic nitrogens is 4. The molecule has 0 saturated carbocycles. The molecule has 0 unspecified atom stereocenters. The van der Waals surface area contributed by atoms with Gasteiger partial charge in [-0.15, -0.1) is 0 Å². The molecule has 2 aromatic heterocycles. The topological polar surface area (TPSA) is 78.7 Å². The fourth-order valence-electron chi connectivity index (χ4n) is 6.12. The quantitative estimate of drug-likeness (QED) is 0.102. The third-order valence-corrected chi connectivity index (χ3v) is 9.75. The lowest BCUT2D eigenvalue weighted by molar-refractivity contribution is 0.00578. The summed E-state index contributed by atoms with van der Waals surface area (Å²) in [5.41, 5.74) is 11.7. The summed E-state index contributed by atoms with van der Waals surface area (Å²) in [6, 6.07) is 31.3. The number of hydrogen-bond acceptors (Lipinski definition) is 6. The zero-order valence-corrected chi connectivity index (χ0v) is 32.6. The minimum atomic E-state index is -0.357. The molecule has 1 fully saturated rings. The Bertz CT molecular complexity index is 2270. The molecular formula is C44H42BClN6O2. The first-order chi connectivity index (χ1) is 25.7. The molecule has 0 aliphatic carbocycles. The van der Waals surface area contributed by atoms with Gasteiger partial charge in [-0.3, -0.25) is 0 Å². The summed E-state index contributed by atoms with van der Waals surface area (Å²) in [5, 5.41) is 0.467. The maximum atomic E-state index is 7.16. The molecule has 0 spiro atoms. The molecule has 0 N–H and O–H groups in total. The van der Waals surface area contributed by atoms with Crippen molar-refractivity contribution in [2.45, 2.75) is 66.6 Å². The molecule has 270 valence electrons. The SMILES string of the molecule is Clc1cc(-c2ccccc2)ncn1.[C-]#[N+]c1cc(C)c(-c2cc(-c3ccccc3)ncn2)c(C)c1.[C-]#[N+]c1cc(C)c(B2OC(C)(C)C(C)(C)O2)c(C)c1. The van der Waals surface area contributed by atoms with Gasteiger partial charge in [0.05, 0.1) is 41.4 Å². The maximum absolute atomic E-state index is 7.16. The number of rotatable bonds is 4. The number of nitrogens with zero attached hydrogens (tertiary/aromatic N) is 6. The van der Waals surface area contributed by atoms with Gasteiger partial charge >= 0.3 is 7.12 Å². The van der Waals surface area contributed by atoms with E-state index in [1.54, 1.807) is 12.4 Å². The van der Waals surface area contributed by atoms with E-state index < -0.39 is 0 Å². The van der Waals surface area contributed by atoms with E-state index in [2.05, 4.69) is 29.6 Å². The molecule has 8 nitrogen and oxygen atoms in total. The molecule has 0 atom stereocenters. The van der Waals surface area contributed by atoms with Crippen molar-refractivity contribution in [2.75, 3.05) is 0 Å². The first kappa shape index (κ1) is 39.5. The Morgan fingerprint density at radius 1 is 0.556 bits per heavy atom. The van der Waals surface area contributed by atoms with Crippen molar-refractivity contribution in [1.82, 2.24) is 19.9 Å². The van der Waals surface area contributed by atoms with E-state index >= 15 is 0 Å². The van der Waals surface area contributed by atoms with Crippen LogP contribution in [0.15, 0.2) is 110 Å². The molecule has 0 amide bonds. The third-order valence-electron chi connectivity index (χ3n) is 9.54. The van der Waals surface area contributed by atoms with Crippen LogP contribution in [-0.4, -0.2) is 38.3 Å². The van der Waals surface area contributed by atoms with Crippen molar-refractivity contribution in [3.63, 3.8) is 0 Å². The van der Waals surface area contributed by atoms with E-state index in [0.29, 0.717) is 16.5 Å². The van der Waals surface area contributed by atoms with Crippen LogP contribution in [0.5, 0.6) is 0 Å². The van der Waals surface area contributed by atoms with Crippen LogP contribution in [0.3, 0.4) is 0 Å². The predicted octanol–water partition coefficient (Wildman–Crippen LogP) is 10.9. The minimum absolute atomic E-state index is 0.338. The Morgan fingerprint density at radius 3 is 1.41 bits per heavy atom. The average Bonchev–Trinajstić information content (AvgIpc) is 3.37. The largest absolute Gasteiger partial charge is 0.495 e. The highest BCUT2D eigenvalue weighted by molar-refractivity contribution is 6.63. The summed E-state index contributed by atoms with van der Waals surface area (Å²) in [6.45, 7) is 30.5. The molecule has 4 aromatic carbocycles. The minimum Gasteiger partial charge on any atom is -0.399 e. The summed E-state index contributed by atoms with van der Waals surface area (Å²) in [5.74, 6) is 0. The molecule has 0 radical (unpaired) electrons. The van der Waals surface area contributed by atoms with Crippen LogP contribution in [0.2, 0.25) is 5.15 Å². The van der Waals surface area contributed by atoms with Crippen LogP contribution in [-0.2, 0) is 9.31 Å². The Hall–Kier alpha value is -5.71. The van der Waals surface area contributed by atoms with Crippen LogP contribution >= 0.6 is 11.6 Å². The second-order valence-electron chi connectivity index (χ2n) is 14.0. The van der Waals surface area contributed by atoms with Gasteiger partial charge in [0.25, 0.3) is 0 Å². The lowest BCUT2D eigenvalue weighted by Crippen LogP contribution is -2.41. The van der Waals surface area contributed by atoms with E-state index in [9.17, 15) is 0 Å². The van der Waals surface area contributed by atoms with Crippen LogP contribution in [0.1, 0.15) is 49.9 Å². The molecule has 1 aliphatic heterocycles. The highest BCUT2D eigenvalue weighted by atomic mass is 35.5. The van der Waals surface area contributed by atoms with E-state index in [1.807, 2.05) is 146 Å². The summed E-state index contributed by atoms with van der Waals surface area (Å²) in [4.78, 5) is 23.7. The van der Waals surface area contributed by atoms with Gasteiger partial charge < -0.3 is 9.31 Å². The first-order valence-corrected chi connectivity index (χ1v) is 17.8. The van der Waals surface area contributed by atoms with Crippen molar-refractivity contribution < 1.29 is 9.31 Å². The van der Waals surface area contributed by atoms with Crippen molar-refractivity contribution in [3.8, 4) is 33.8 Å². The molecule has 1 aliphatic rings. The van der Waals surface area contributed by atoms with Gasteiger partial charge in [-0.25, -0.2) is 29.6 Å². The van der Waals surface area contributed by atoms with Crippen molar-refractivity contribution in [1.29, 1.82) is 0 Å². The smallest absolute Gasteiger partial charge is 0.399 e. The normalized spacial score (nSPS) is 13.7. The molecule has 7 rings (SSSR count). The van der Waals surface area contributed by atoms with Gasteiger partial charge in [-0.2, -0.15) is 0 Å². The summed E-state index contributed by atoms with van der Waals surface area (Å²) < 4.78 is 12.2. The molecule has 10 heteroatoms. The van der Waals surface area contributed by atoms with Gasteiger partial charge in [0.1, 0.15) is 17.8 Å². The summed E-state index contributed by atoms with van der Waals surface area (Å²) >= 11 is 5.74. The van der Waals surface area contributed by atoms with Crippen molar-refractivity contribution in [3.05, 3.63) is 160 Å². The van der Waals surface area contributed by atoms with Gasteiger partial charge in [0, 0.05) is 22.8 Å². The fraction of sp³-hybridized carbons (Fsp3) is 0.227. The third kappa shape index (κ3) is 9.26. The standard InChI is InChI=1S/C19H15N3.C15H20BNO2.C10H7ClN2/c1-13-9-16(20-3)10-14(2)19(13)18-11-17(21-12-22-18)15-7-5-4-6-8-15;1-10-8-12(17-7)9-11(2)13(10)16-18-14(3,4)15(5,6)19-16;11-10-6-9(12-7-13-10)8-4-2-1-3-5-8/h4-12H,1-2H3;8-9H,1-6H3;1-7H. The fourth-order valence-corrected chi connectivity index (χ4v) is 6.27. The van der Waals surface area contributed by atoms with Crippen molar-refractivity contribution >= 4 is 35.6 Å². The predicted molar refractivity (Wildman–Crippen MR) is 219 cm³/mol. The summed E-state index contributed by atoms with van der Waals surface area (Å²) in [7, 11) is -0.357. The summed E-state index contributed by atoms with van der Waals surface area (Å²) in [6.07, 6.45) is 3.06. The number of hydrogen-bond donors (Lipinski definition) is 0. The molecular weight excluding hydrogens is 691 g/mol.